The predicted molar refractivity (Wildman–Crippen MR) is 80.6 cm³/mol. The lowest BCUT2D eigenvalue weighted by Gasteiger charge is -2.20. The van der Waals surface area contributed by atoms with Crippen molar-refractivity contribution in [1.82, 2.24) is 0 Å². The third kappa shape index (κ3) is 3.71. The van der Waals surface area contributed by atoms with Crippen molar-refractivity contribution in [3.05, 3.63) is 29.3 Å². The molecule has 3 heteroatoms. The number of hydrogen-bond donors (Lipinski definition) is 1. The average Bonchev–Trinajstić information content (AvgIpc) is 2.76. The van der Waals surface area contributed by atoms with Crippen LogP contribution in [0.5, 0.6) is 0 Å². The van der Waals surface area contributed by atoms with Crippen LogP contribution in [0.15, 0.2) is 18.2 Å². The summed E-state index contributed by atoms with van der Waals surface area (Å²) in [6.07, 6.45) is 1.13. The molecule has 1 aromatic rings. The molecule has 0 radical (unpaired) electrons. The third-order valence-electron chi connectivity index (χ3n) is 3.58. The van der Waals surface area contributed by atoms with Gasteiger partial charge in [0.05, 0.1) is 6.61 Å². The van der Waals surface area contributed by atoms with E-state index in [1.165, 1.54) is 16.8 Å². The highest BCUT2D eigenvalue weighted by atomic mass is 16.5. The highest BCUT2D eigenvalue weighted by molar-refractivity contribution is 5.59. The average molecular weight is 262 g/mol. The molecule has 1 unspecified atom stereocenters. The molecular weight excluding hydrogens is 236 g/mol. The number of benzene rings is 1. The molecule has 1 aliphatic heterocycles. The molecule has 2 rings (SSSR count). The lowest BCUT2D eigenvalue weighted by atomic mass is 10.0. The van der Waals surface area contributed by atoms with E-state index in [0.717, 1.165) is 32.7 Å². The van der Waals surface area contributed by atoms with Gasteiger partial charge >= 0.3 is 0 Å². The van der Waals surface area contributed by atoms with Gasteiger partial charge in [0.2, 0.25) is 0 Å². The van der Waals surface area contributed by atoms with Crippen LogP contribution in [0, 0.1) is 5.92 Å². The van der Waals surface area contributed by atoms with Gasteiger partial charge in [-0.15, -0.1) is 0 Å². The van der Waals surface area contributed by atoms with Gasteiger partial charge in [-0.3, -0.25) is 0 Å². The topological polar surface area (TPSA) is 38.5 Å². The molecule has 0 fully saturated rings. The molecule has 0 amide bonds. The first kappa shape index (κ1) is 14.4. The Morgan fingerprint density at radius 1 is 1.32 bits per heavy atom. The normalized spacial score (nSPS) is 15.9. The maximum atomic E-state index is 5.94. The van der Waals surface area contributed by atoms with Crippen LogP contribution in [0.2, 0.25) is 0 Å². The Hall–Kier alpha value is -1.06. The van der Waals surface area contributed by atoms with Crippen LogP contribution in [0.4, 0.5) is 5.69 Å². The van der Waals surface area contributed by atoms with Crippen LogP contribution >= 0.6 is 0 Å². The van der Waals surface area contributed by atoms with Gasteiger partial charge in [0.1, 0.15) is 0 Å². The van der Waals surface area contributed by atoms with Crippen molar-refractivity contribution in [3.8, 4) is 0 Å². The number of rotatable bonds is 6. The summed E-state index contributed by atoms with van der Waals surface area (Å²) in [7, 11) is 0. The number of nitrogens with two attached hydrogens (primary N) is 1. The van der Waals surface area contributed by atoms with Crippen molar-refractivity contribution in [2.45, 2.75) is 33.2 Å². The molecular formula is C16H26N2O. The smallest absolute Gasteiger partial charge is 0.0641 e. The van der Waals surface area contributed by atoms with Crippen LogP contribution in [0.1, 0.15) is 37.9 Å². The van der Waals surface area contributed by atoms with E-state index in [4.69, 9.17) is 10.5 Å². The van der Waals surface area contributed by atoms with Crippen LogP contribution in [0.3, 0.4) is 0 Å². The number of nitrogens with zero attached hydrogens (tertiary/aromatic N) is 1. The molecule has 2 N–H and O–H groups in total. The summed E-state index contributed by atoms with van der Waals surface area (Å²) in [6.45, 7) is 10.1. The molecule has 0 saturated heterocycles. The lowest BCUT2D eigenvalue weighted by Crippen LogP contribution is -2.25. The van der Waals surface area contributed by atoms with E-state index in [0.29, 0.717) is 5.92 Å². The van der Waals surface area contributed by atoms with Crippen molar-refractivity contribution >= 4 is 5.69 Å². The van der Waals surface area contributed by atoms with Crippen molar-refractivity contribution in [1.29, 1.82) is 0 Å². The first-order valence-corrected chi connectivity index (χ1v) is 7.29. The fourth-order valence-electron chi connectivity index (χ4n) is 2.50. The van der Waals surface area contributed by atoms with E-state index < -0.39 is 0 Å². The van der Waals surface area contributed by atoms with E-state index >= 15 is 0 Å². The quantitative estimate of drug-likeness (QED) is 0.801. The van der Waals surface area contributed by atoms with Crippen LogP contribution in [-0.4, -0.2) is 26.3 Å². The van der Waals surface area contributed by atoms with E-state index in [9.17, 15) is 0 Å². The third-order valence-corrected chi connectivity index (χ3v) is 3.58. The molecule has 1 aliphatic rings. The van der Waals surface area contributed by atoms with Gasteiger partial charge in [0.15, 0.2) is 0 Å². The largest absolute Gasteiger partial charge is 0.379 e. The molecule has 0 aromatic heterocycles. The molecule has 3 nitrogen and oxygen atoms in total. The number of fused-ring (bicyclic) bond motifs is 1. The van der Waals surface area contributed by atoms with Crippen molar-refractivity contribution < 1.29 is 4.74 Å². The van der Waals surface area contributed by atoms with E-state index in [2.05, 4.69) is 36.9 Å². The second kappa shape index (κ2) is 6.40. The standard InChI is InChI=1S/C16H26N2O/c1-12(2)11-19-9-8-18-7-6-15-10-14(13(3)17)4-5-16(15)18/h4-5,10,12-13H,6-9,11,17H2,1-3H3. The van der Waals surface area contributed by atoms with Gasteiger partial charge in [0, 0.05) is 31.4 Å². The molecule has 1 heterocycles. The Morgan fingerprint density at radius 2 is 2.11 bits per heavy atom. The van der Waals surface area contributed by atoms with Gasteiger partial charge in [-0.1, -0.05) is 26.0 Å². The Bertz CT molecular complexity index is 415. The summed E-state index contributed by atoms with van der Waals surface area (Å²) < 4.78 is 5.67. The van der Waals surface area contributed by atoms with Gasteiger partial charge in [-0.25, -0.2) is 0 Å². The summed E-state index contributed by atoms with van der Waals surface area (Å²) in [5.41, 5.74) is 9.96. The van der Waals surface area contributed by atoms with Crippen LogP contribution in [0.25, 0.3) is 0 Å². The van der Waals surface area contributed by atoms with Crippen molar-refractivity contribution in [2.75, 3.05) is 31.2 Å². The van der Waals surface area contributed by atoms with Crippen LogP contribution < -0.4 is 10.6 Å². The van der Waals surface area contributed by atoms with Gasteiger partial charge in [-0.05, 0) is 36.5 Å². The summed E-state index contributed by atoms with van der Waals surface area (Å²) in [5.74, 6) is 0.611. The van der Waals surface area contributed by atoms with Gasteiger partial charge < -0.3 is 15.4 Å². The minimum Gasteiger partial charge on any atom is -0.379 e. The Morgan fingerprint density at radius 3 is 2.79 bits per heavy atom. The van der Waals surface area contributed by atoms with Gasteiger partial charge in [-0.2, -0.15) is 0 Å². The van der Waals surface area contributed by atoms with E-state index in [1.807, 2.05) is 6.92 Å². The minimum atomic E-state index is 0.119. The zero-order valence-corrected chi connectivity index (χ0v) is 12.4. The monoisotopic (exact) mass is 262 g/mol. The maximum absolute atomic E-state index is 5.94. The molecule has 0 saturated carbocycles. The summed E-state index contributed by atoms with van der Waals surface area (Å²) >= 11 is 0. The second-order valence-corrected chi connectivity index (χ2v) is 5.88. The Balaban J connectivity index is 1.91. The highest BCUT2D eigenvalue weighted by Gasteiger charge is 2.19. The molecule has 1 atom stereocenters. The minimum absolute atomic E-state index is 0.119. The van der Waals surface area contributed by atoms with Crippen LogP contribution in [-0.2, 0) is 11.2 Å². The first-order valence-electron chi connectivity index (χ1n) is 7.29. The fraction of sp³-hybridized carbons (Fsp3) is 0.625. The SMILES string of the molecule is CC(C)COCCN1CCc2cc(C(C)N)ccc21. The van der Waals surface area contributed by atoms with E-state index in [-0.39, 0.29) is 6.04 Å². The second-order valence-electron chi connectivity index (χ2n) is 5.88. The fourth-order valence-corrected chi connectivity index (χ4v) is 2.50. The number of hydrogen-bond acceptors (Lipinski definition) is 3. The van der Waals surface area contributed by atoms with Gasteiger partial charge in [0.25, 0.3) is 0 Å². The highest BCUT2D eigenvalue weighted by Crippen LogP contribution is 2.29. The van der Waals surface area contributed by atoms with E-state index in [1.54, 1.807) is 0 Å². The summed E-state index contributed by atoms with van der Waals surface area (Å²) in [5, 5.41) is 0. The maximum Gasteiger partial charge on any atom is 0.0641 e. The number of anilines is 1. The molecule has 0 aliphatic carbocycles. The zero-order valence-electron chi connectivity index (χ0n) is 12.4. The molecule has 19 heavy (non-hydrogen) atoms. The lowest BCUT2D eigenvalue weighted by molar-refractivity contribution is 0.115. The zero-order chi connectivity index (χ0) is 13.8. The molecule has 106 valence electrons. The summed E-state index contributed by atoms with van der Waals surface area (Å²) in [6, 6.07) is 6.74. The molecule has 0 spiro atoms. The summed E-state index contributed by atoms with van der Waals surface area (Å²) in [4.78, 5) is 2.42. The Labute approximate surface area is 116 Å². The first-order chi connectivity index (χ1) is 9.08. The molecule has 1 aromatic carbocycles. The Kier molecular flexibility index (Phi) is 4.83. The van der Waals surface area contributed by atoms with Crippen molar-refractivity contribution in [2.24, 2.45) is 11.7 Å². The van der Waals surface area contributed by atoms with Crippen molar-refractivity contribution in [3.63, 3.8) is 0 Å². The predicted octanol–water partition coefficient (Wildman–Crippen LogP) is 2.74. The molecule has 0 bridgehead atoms. The number of ether oxygens (including phenoxy) is 1.